The first-order chi connectivity index (χ1) is 8.15. The highest BCUT2D eigenvalue weighted by molar-refractivity contribution is 6.30. The number of ether oxygens (including phenoxy) is 1. The van der Waals surface area contributed by atoms with E-state index in [2.05, 4.69) is 9.97 Å². The van der Waals surface area contributed by atoms with E-state index in [9.17, 15) is 4.79 Å². The summed E-state index contributed by atoms with van der Waals surface area (Å²) in [6, 6.07) is 8.81. The minimum atomic E-state index is -0.385. The SMILES string of the molecule is CC(Oc1cccc(Cl)c1)c1ccnc(=O)[nH]1. The fourth-order valence-corrected chi connectivity index (χ4v) is 1.61. The molecule has 1 aromatic carbocycles. The van der Waals surface area contributed by atoms with Crippen molar-refractivity contribution < 1.29 is 4.74 Å². The molecule has 0 saturated heterocycles. The second-order valence-electron chi connectivity index (χ2n) is 3.55. The van der Waals surface area contributed by atoms with Crippen LogP contribution in [0, 0.1) is 0 Å². The van der Waals surface area contributed by atoms with Gasteiger partial charge in [-0.2, -0.15) is 0 Å². The molecule has 0 spiro atoms. The highest BCUT2D eigenvalue weighted by atomic mass is 35.5. The standard InChI is InChI=1S/C12H11ClN2O2/c1-8(11-5-6-14-12(16)15-11)17-10-4-2-3-9(13)7-10/h2-8H,1H3,(H,14,15,16). The van der Waals surface area contributed by atoms with Crippen LogP contribution in [0.4, 0.5) is 0 Å². The minimum absolute atomic E-state index is 0.274. The number of benzene rings is 1. The van der Waals surface area contributed by atoms with Crippen molar-refractivity contribution in [3.05, 3.63) is 57.7 Å². The molecule has 5 heteroatoms. The molecule has 4 nitrogen and oxygen atoms in total. The Bertz CT molecular complexity index is 568. The van der Waals surface area contributed by atoms with Crippen LogP contribution in [-0.2, 0) is 0 Å². The first-order valence-corrected chi connectivity index (χ1v) is 5.50. The van der Waals surface area contributed by atoms with E-state index in [0.717, 1.165) is 0 Å². The molecule has 17 heavy (non-hydrogen) atoms. The number of nitrogens with one attached hydrogen (secondary N) is 1. The third-order valence-corrected chi connectivity index (χ3v) is 2.48. The summed E-state index contributed by atoms with van der Waals surface area (Å²) >= 11 is 5.85. The minimum Gasteiger partial charge on any atom is -0.484 e. The van der Waals surface area contributed by atoms with Gasteiger partial charge in [0.25, 0.3) is 0 Å². The fraction of sp³-hybridized carbons (Fsp3) is 0.167. The molecule has 0 aliphatic rings. The first kappa shape index (κ1) is 11.7. The van der Waals surface area contributed by atoms with Crippen LogP contribution >= 0.6 is 11.6 Å². The second-order valence-corrected chi connectivity index (χ2v) is 3.98. The number of nitrogens with zero attached hydrogens (tertiary/aromatic N) is 1. The lowest BCUT2D eigenvalue weighted by Crippen LogP contribution is -2.15. The summed E-state index contributed by atoms with van der Waals surface area (Å²) < 4.78 is 5.65. The van der Waals surface area contributed by atoms with Gasteiger partial charge >= 0.3 is 5.69 Å². The van der Waals surface area contributed by atoms with E-state index in [4.69, 9.17) is 16.3 Å². The zero-order valence-electron chi connectivity index (χ0n) is 9.18. The zero-order chi connectivity index (χ0) is 12.3. The van der Waals surface area contributed by atoms with Crippen LogP contribution in [-0.4, -0.2) is 9.97 Å². The molecular formula is C12H11ClN2O2. The van der Waals surface area contributed by atoms with Crippen LogP contribution in [0.5, 0.6) is 5.75 Å². The van der Waals surface area contributed by atoms with Crippen molar-refractivity contribution in [3.63, 3.8) is 0 Å². The van der Waals surface area contributed by atoms with Gasteiger partial charge < -0.3 is 9.72 Å². The van der Waals surface area contributed by atoms with Crippen molar-refractivity contribution in [2.24, 2.45) is 0 Å². The molecule has 1 unspecified atom stereocenters. The molecule has 1 aromatic heterocycles. The zero-order valence-corrected chi connectivity index (χ0v) is 9.94. The molecule has 2 aromatic rings. The average molecular weight is 251 g/mol. The normalized spacial score (nSPS) is 12.1. The van der Waals surface area contributed by atoms with Gasteiger partial charge in [0.2, 0.25) is 0 Å². The number of halogens is 1. The van der Waals surface area contributed by atoms with E-state index in [1.54, 1.807) is 24.3 Å². The molecule has 0 bridgehead atoms. The van der Waals surface area contributed by atoms with Crippen molar-refractivity contribution in [1.82, 2.24) is 9.97 Å². The molecule has 2 rings (SSSR count). The van der Waals surface area contributed by atoms with E-state index >= 15 is 0 Å². The Labute approximate surface area is 103 Å². The monoisotopic (exact) mass is 250 g/mol. The first-order valence-electron chi connectivity index (χ1n) is 5.12. The fourth-order valence-electron chi connectivity index (χ4n) is 1.43. The Morgan fingerprint density at radius 3 is 2.94 bits per heavy atom. The lowest BCUT2D eigenvalue weighted by molar-refractivity contribution is 0.221. The molecular weight excluding hydrogens is 240 g/mol. The topological polar surface area (TPSA) is 55.0 Å². The summed E-state index contributed by atoms with van der Waals surface area (Å²) in [5, 5.41) is 0.609. The number of hydrogen-bond donors (Lipinski definition) is 1. The average Bonchev–Trinajstić information content (AvgIpc) is 2.29. The van der Waals surface area contributed by atoms with Crippen molar-refractivity contribution in [2.75, 3.05) is 0 Å². The lowest BCUT2D eigenvalue weighted by Gasteiger charge is -2.14. The summed E-state index contributed by atoms with van der Waals surface area (Å²) in [5.41, 5.74) is 0.286. The summed E-state index contributed by atoms with van der Waals surface area (Å²) in [7, 11) is 0. The molecule has 88 valence electrons. The lowest BCUT2D eigenvalue weighted by atomic mass is 10.2. The van der Waals surface area contributed by atoms with Crippen molar-refractivity contribution >= 4 is 11.6 Å². The molecule has 0 saturated carbocycles. The molecule has 1 atom stereocenters. The molecule has 0 amide bonds. The largest absolute Gasteiger partial charge is 0.484 e. The van der Waals surface area contributed by atoms with Crippen LogP contribution in [0.25, 0.3) is 0 Å². The molecule has 1 N–H and O–H groups in total. The van der Waals surface area contributed by atoms with Crippen molar-refractivity contribution in [1.29, 1.82) is 0 Å². The quantitative estimate of drug-likeness (QED) is 0.911. The molecule has 0 aliphatic heterocycles. The second kappa shape index (κ2) is 5.01. The van der Waals surface area contributed by atoms with Gasteiger partial charge in [-0.3, -0.25) is 0 Å². The number of hydrogen-bond acceptors (Lipinski definition) is 3. The predicted molar refractivity (Wildman–Crippen MR) is 65.4 cm³/mol. The Hall–Kier alpha value is -1.81. The third kappa shape index (κ3) is 3.07. The number of aromatic nitrogens is 2. The summed E-state index contributed by atoms with van der Waals surface area (Å²) in [4.78, 5) is 17.2. The van der Waals surface area contributed by atoms with E-state index in [1.807, 2.05) is 13.0 Å². The maximum Gasteiger partial charge on any atom is 0.345 e. The molecule has 1 heterocycles. The Morgan fingerprint density at radius 1 is 1.41 bits per heavy atom. The van der Waals surface area contributed by atoms with Gasteiger partial charge in [-0.05, 0) is 31.2 Å². The molecule has 0 fully saturated rings. The van der Waals surface area contributed by atoms with E-state index < -0.39 is 0 Å². The Morgan fingerprint density at radius 2 is 2.24 bits per heavy atom. The van der Waals surface area contributed by atoms with Gasteiger partial charge in [0.1, 0.15) is 11.9 Å². The van der Waals surface area contributed by atoms with Gasteiger partial charge in [0, 0.05) is 11.2 Å². The van der Waals surface area contributed by atoms with Gasteiger partial charge in [-0.25, -0.2) is 9.78 Å². The highest BCUT2D eigenvalue weighted by Crippen LogP contribution is 2.22. The molecule has 0 radical (unpaired) electrons. The van der Waals surface area contributed by atoms with Crippen LogP contribution < -0.4 is 10.4 Å². The van der Waals surface area contributed by atoms with Gasteiger partial charge in [0.15, 0.2) is 0 Å². The van der Waals surface area contributed by atoms with E-state index in [1.165, 1.54) is 6.20 Å². The van der Waals surface area contributed by atoms with Crippen LogP contribution in [0.15, 0.2) is 41.3 Å². The number of aromatic amines is 1. The summed E-state index contributed by atoms with van der Waals surface area (Å²) in [6.45, 7) is 1.84. The Kier molecular flexibility index (Phi) is 3.44. The van der Waals surface area contributed by atoms with Crippen molar-refractivity contribution in [2.45, 2.75) is 13.0 Å². The Balaban J connectivity index is 2.17. The number of H-pyrrole nitrogens is 1. The van der Waals surface area contributed by atoms with Crippen LogP contribution in [0.1, 0.15) is 18.7 Å². The van der Waals surface area contributed by atoms with E-state index in [0.29, 0.717) is 16.5 Å². The maximum atomic E-state index is 11.1. The smallest absolute Gasteiger partial charge is 0.345 e. The van der Waals surface area contributed by atoms with E-state index in [-0.39, 0.29) is 11.8 Å². The van der Waals surface area contributed by atoms with Gasteiger partial charge in [0.05, 0.1) is 5.69 Å². The predicted octanol–water partition coefficient (Wildman–Crippen LogP) is 2.56. The maximum absolute atomic E-state index is 11.1. The van der Waals surface area contributed by atoms with Crippen molar-refractivity contribution in [3.8, 4) is 5.75 Å². The van der Waals surface area contributed by atoms with Gasteiger partial charge in [-0.1, -0.05) is 17.7 Å². The van der Waals surface area contributed by atoms with Crippen LogP contribution in [0.2, 0.25) is 5.02 Å². The third-order valence-electron chi connectivity index (χ3n) is 2.24. The highest BCUT2D eigenvalue weighted by Gasteiger charge is 2.08. The number of rotatable bonds is 3. The summed E-state index contributed by atoms with van der Waals surface area (Å²) in [6.07, 6.45) is 1.18. The molecule has 0 aliphatic carbocycles. The van der Waals surface area contributed by atoms with Gasteiger partial charge in [-0.15, -0.1) is 0 Å². The van der Waals surface area contributed by atoms with Crippen LogP contribution in [0.3, 0.4) is 0 Å². The summed E-state index contributed by atoms with van der Waals surface area (Å²) in [5.74, 6) is 0.655.